The van der Waals surface area contributed by atoms with E-state index in [1.165, 1.54) is 0 Å². The van der Waals surface area contributed by atoms with Crippen LogP contribution < -0.4 is 10.1 Å². The van der Waals surface area contributed by atoms with E-state index in [-0.39, 0.29) is 12.0 Å². The first-order chi connectivity index (χ1) is 9.58. The number of hydrogen-bond donors (Lipinski definition) is 2. The van der Waals surface area contributed by atoms with Crippen molar-refractivity contribution < 1.29 is 14.6 Å². The molecule has 5 nitrogen and oxygen atoms in total. The molecule has 1 heterocycles. The van der Waals surface area contributed by atoms with Gasteiger partial charge in [0, 0.05) is 30.4 Å². The van der Waals surface area contributed by atoms with Gasteiger partial charge in [0.1, 0.15) is 5.75 Å². The fraction of sp³-hybridized carbons (Fsp3) is 0.600. The zero-order chi connectivity index (χ0) is 14.5. The molecule has 1 fully saturated rings. The molecule has 1 aliphatic rings. The first kappa shape index (κ1) is 14.8. The molecule has 2 N–H and O–H groups in total. The Morgan fingerprint density at radius 3 is 3.00 bits per heavy atom. The van der Waals surface area contributed by atoms with Crippen LogP contribution in [0.2, 0.25) is 0 Å². The maximum Gasteiger partial charge on any atom is 0.306 e. The smallest absolute Gasteiger partial charge is 0.306 e. The van der Waals surface area contributed by atoms with Crippen LogP contribution in [0.1, 0.15) is 37.1 Å². The van der Waals surface area contributed by atoms with Gasteiger partial charge in [0.2, 0.25) is 0 Å². The Morgan fingerprint density at radius 2 is 2.30 bits per heavy atom. The lowest BCUT2D eigenvalue weighted by Gasteiger charge is -2.27. The third-order valence-corrected chi connectivity index (χ3v) is 3.81. The van der Waals surface area contributed by atoms with Crippen LogP contribution >= 0.6 is 0 Å². The topological polar surface area (TPSA) is 71.5 Å². The van der Waals surface area contributed by atoms with Gasteiger partial charge < -0.3 is 15.2 Å². The van der Waals surface area contributed by atoms with Crippen LogP contribution in [-0.4, -0.2) is 29.2 Å². The number of carboxylic acid groups (broad SMARTS) is 1. The lowest BCUT2D eigenvalue weighted by Crippen LogP contribution is -2.36. The summed E-state index contributed by atoms with van der Waals surface area (Å²) in [5, 5.41) is 12.5. The lowest BCUT2D eigenvalue weighted by atomic mass is 9.86. The maximum atomic E-state index is 11.0. The van der Waals surface area contributed by atoms with Crippen LogP contribution in [-0.2, 0) is 11.3 Å². The van der Waals surface area contributed by atoms with Gasteiger partial charge >= 0.3 is 5.97 Å². The summed E-state index contributed by atoms with van der Waals surface area (Å²) in [6.07, 6.45) is 3.51. The van der Waals surface area contributed by atoms with E-state index in [1.807, 2.05) is 19.1 Å². The predicted octanol–water partition coefficient (Wildman–Crippen LogP) is 2.13. The molecule has 0 aromatic carbocycles. The minimum Gasteiger partial charge on any atom is -0.497 e. The maximum absolute atomic E-state index is 11.0. The third kappa shape index (κ3) is 3.93. The highest BCUT2D eigenvalue weighted by Crippen LogP contribution is 2.24. The molecule has 0 saturated heterocycles. The number of carbonyl (C=O) groups is 1. The van der Waals surface area contributed by atoms with Crippen LogP contribution in [0.5, 0.6) is 5.75 Å². The molecular weight excluding hydrogens is 256 g/mol. The van der Waals surface area contributed by atoms with E-state index in [9.17, 15) is 4.79 Å². The molecule has 0 amide bonds. The van der Waals surface area contributed by atoms with Crippen molar-refractivity contribution in [2.24, 2.45) is 5.92 Å². The second kappa shape index (κ2) is 6.70. The summed E-state index contributed by atoms with van der Waals surface area (Å²) >= 11 is 0. The SMILES string of the molecule is COc1cc(C)nc(CNC2CCCC(C(=O)O)C2)c1. The number of rotatable bonds is 5. The predicted molar refractivity (Wildman–Crippen MR) is 75.7 cm³/mol. The Balaban J connectivity index is 1.91. The third-order valence-electron chi connectivity index (χ3n) is 3.81. The number of ether oxygens (including phenoxy) is 1. The molecule has 110 valence electrons. The van der Waals surface area contributed by atoms with E-state index in [2.05, 4.69) is 10.3 Å². The molecule has 1 aromatic heterocycles. The van der Waals surface area contributed by atoms with Crippen LogP contribution in [0.25, 0.3) is 0 Å². The molecule has 5 heteroatoms. The van der Waals surface area contributed by atoms with Gasteiger partial charge in [-0.2, -0.15) is 0 Å². The highest BCUT2D eigenvalue weighted by atomic mass is 16.5. The molecule has 0 bridgehead atoms. The van der Waals surface area contributed by atoms with Crippen LogP contribution in [0.15, 0.2) is 12.1 Å². The molecule has 2 atom stereocenters. The zero-order valence-electron chi connectivity index (χ0n) is 12.1. The summed E-state index contributed by atoms with van der Waals surface area (Å²) in [6, 6.07) is 4.07. The summed E-state index contributed by atoms with van der Waals surface area (Å²) < 4.78 is 5.23. The summed E-state index contributed by atoms with van der Waals surface area (Å²) in [5.41, 5.74) is 1.85. The van der Waals surface area contributed by atoms with Gasteiger partial charge in [-0.15, -0.1) is 0 Å². The number of nitrogens with one attached hydrogen (secondary N) is 1. The second-order valence-corrected chi connectivity index (χ2v) is 5.42. The quantitative estimate of drug-likeness (QED) is 0.863. The number of methoxy groups -OCH3 is 1. The van der Waals surface area contributed by atoms with Crippen molar-refractivity contribution in [2.45, 2.75) is 45.2 Å². The number of aromatic nitrogens is 1. The molecule has 1 aromatic rings. The highest BCUT2D eigenvalue weighted by molar-refractivity contribution is 5.70. The largest absolute Gasteiger partial charge is 0.497 e. The first-order valence-electron chi connectivity index (χ1n) is 7.06. The second-order valence-electron chi connectivity index (χ2n) is 5.42. The van der Waals surface area contributed by atoms with E-state index < -0.39 is 5.97 Å². The molecule has 0 aliphatic heterocycles. The van der Waals surface area contributed by atoms with Gasteiger partial charge in [-0.1, -0.05) is 6.42 Å². The Labute approximate surface area is 119 Å². The van der Waals surface area contributed by atoms with Crippen LogP contribution in [0.3, 0.4) is 0 Å². The van der Waals surface area contributed by atoms with E-state index in [0.29, 0.717) is 13.0 Å². The Bertz CT molecular complexity index is 476. The van der Waals surface area contributed by atoms with E-state index in [1.54, 1.807) is 7.11 Å². The molecule has 1 saturated carbocycles. The summed E-state index contributed by atoms with van der Waals surface area (Å²) in [6.45, 7) is 2.59. The van der Waals surface area contributed by atoms with Crippen molar-refractivity contribution in [1.29, 1.82) is 0 Å². The van der Waals surface area contributed by atoms with Crippen molar-refractivity contribution in [2.75, 3.05) is 7.11 Å². The Hall–Kier alpha value is -1.62. The molecule has 1 aliphatic carbocycles. The van der Waals surface area contributed by atoms with E-state index >= 15 is 0 Å². The number of nitrogens with zero attached hydrogens (tertiary/aromatic N) is 1. The number of aryl methyl sites for hydroxylation is 1. The van der Waals surface area contributed by atoms with Gasteiger partial charge in [0.05, 0.1) is 18.7 Å². The van der Waals surface area contributed by atoms with Crippen molar-refractivity contribution in [3.05, 3.63) is 23.5 Å². The summed E-state index contributed by atoms with van der Waals surface area (Å²) in [4.78, 5) is 15.5. The minimum atomic E-state index is -0.674. The highest BCUT2D eigenvalue weighted by Gasteiger charge is 2.26. The number of pyridine rings is 1. The first-order valence-corrected chi connectivity index (χ1v) is 7.06. The summed E-state index contributed by atoms with van der Waals surface area (Å²) in [5.74, 6) is -0.0746. The van der Waals surface area contributed by atoms with Gasteiger partial charge in [-0.3, -0.25) is 9.78 Å². The number of aliphatic carboxylic acids is 1. The van der Waals surface area contributed by atoms with Crippen molar-refractivity contribution in [3.63, 3.8) is 0 Å². The summed E-state index contributed by atoms with van der Waals surface area (Å²) in [7, 11) is 1.64. The van der Waals surface area contributed by atoms with Crippen molar-refractivity contribution in [1.82, 2.24) is 10.3 Å². The normalized spacial score (nSPS) is 22.5. The molecule has 2 rings (SSSR count). The molecule has 0 radical (unpaired) electrons. The average molecular weight is 278 g/mol. The molecular formula is C15H22N2O3. The Morgan fingerprint density at radius 1 is 1.50 bits per heavy atom. The monoisotopic (exact) mass is 278 g/mol. The fourth-order valence-electron chi connectivity index (χ4n) is 2.76. The van der Waals surface area contributed by atoms with E-state index in [0.717, 1.165) is 36.4 Å². The standard InChI is InChI=1S/C15H22N2O3/c1-10-6-14(20-2)8-13(17-10)9-16-12-5-3-4-11(7-12)15(18)19/h6,8,11-12,16H,3-5,7,9H2,1-2H3,(H,18,19). The van der Waals surface area contributed by atoms with Gasteiger partial charge in [0.25, 0.3) is 0 Å². The average Bonchev–Trinajstić information content (AvgIpc) is 2.44. The fourth-order valence-corrected chi connectivity index (χ4v) is 2.76. The number of carboxylic acids is 1. The molecule has 0 spiro atoms. The van der Waals surface area contributed by atoms with Crippen LogP contribution in [0.4, 0.5) is 0 Å². The van der Waals surface area contributed by atoms with Gasteiger partial charge in [-0.05, 0) is 26.2 Å². The lowest BCUT2D eigenvalue weighted by molar-refractivity contribution is -0.143. The number of hydrogen-bond acceptors (Lipinski definition) is 4. The van der Waals surface area contributed by atoms with Gasteiger partial charge in [-0.25, -0.2) is 0 Å². The minimum absolute atomic E-state index is 0.207. The zero-order valence-corrected chi connectivity index (χ0v) is 12.1. The van der Waals surface area contributed by atoms with Crippen molar-refractivity contribution >= 4 is 5.97 Å². The van der Waals surface area contributed by atoms with Crippen molar-refractivity contribution in [3.8, 4) is 5.75 Å². The van der Waals surface area contributed by atoms with Gasteiger partial charge in [0.15, 0.2) is 0 Å². The molecule has 20 heavy (non-hydrogen) atoms. The van der Waals surface area contributed by atoms with E-state index in [4.69, 9.17) is 9.84 Å². The molecule has 2 unspecified atom stereocenters. The Kier molecular flexibility index (Phi) is 4.95. The van der Waals surface area contributed by atoms with Crippen LogP contribution in [0, 0.1) is 12.8 Å².